The zero-order valence-corrected chi connectivity index (χ0v) is 16.8. The maximum absolute atomic E-state index is 5.86. The monoisotopic (exact) mass is 386 g/mol. The Kier molecular flexibility index (Phi) is 6.22. The smallest absolute Gasteiger partial charge is 0.119 e. The summed E-state index contributed by atoms with van der Waals surface area (Å²) < 4.78 is 11.3. The number of rotatable bonds is 6. The Morgan fingerprint density at radius 2 is 1.59 bits per heavy atom. The maximum Gasteiger partial charge on any atom is 0.119 e. The molecule has 0 amide bonds. The van der Waals surface area contributed by atoms with Crippen LogP contribution in [0.25, 0.3) is 0 Å². The summed E-state index contributed by atoms with van der Waals surface area (Å²) in [6.45, 7) is 6.14. The quantitative estimate of drug-likeness (QED) is 0.549. The fraction of sp³-hybridized carbons (Fsp3) is 0.240. The second-order valence-electron chi connectivity index (χ2n) is 7.22. The number of hydrogen-bond acceptors (Lipinski definition) is 4. The minimum absolute atomic E-state index is 0.573. The molecule has 4 heteroatoms. The van der Waals surface area contributed by atoms with E-state index in [-0.39, 0.29) is 0 Å². The van der Waals surface area contributed by atoms with Gasteiger partial charge in [0.05, 0.1) is 18.9 Å². The van der Waals surface area contributed by atoms with Crippen LogP contribution in [0.5, 0.6) is 5.75 Å². The minimum Gasteiger partial charge on any atom is -0.489 e. The third-order valence-corrected chi connectivity index (χ3v) is 4.99. The number of ether oxygens (including phenoxy) is 2. The molecule has 0 aliphatic carbocycles. The van der Waals surface area contributed by atoms with E-state index < -0.39 is 0 Å². The largest absolute Gasteiger partial charge is 0.489 e. The van der Waals surface area contributed by atoms with E-state index in [1.54, 1.807) is 0 Å². The van der Waals surface area contributed by atoms with Gasteiger partial charge in [-0.1, -0.05) is 29.8 Å². The summed E-state index contributed by atoms with van der Waals surface area (Å²) in [5.74, 6) is 0.859. The van der Waals surface area contributed by atoms with E-state index in [1.165, 1.54) is 16.8 Å². The Balaban J connectivity index is 1.32. The van der Waals surface area contributed by atoms with Gasteiger partial charge in [0.25, 0.3) is 0 Å². The summed E-state index contributed by atoms with van der Waals surface area (Å²) in [5.41, 5.74) is 5.64. The van der Waals surface area contributed by atoms with Crippen LogP contribution < -0.4 is 9.64 Å². The van der Waals surface area contributed by atoms with Gasteiger partial charge in [-0.2, -0.15) is 0 Å². The summed E-state index contributed by atoms with van der Waals surface area (Å²) >= 11 is 0. The summed E-state index contributed by atoms with van der Waals surface area (Å²) in [6, 6.07) is 24.8. The van der Waals surface area contributed by atoms with Gasteiger partial charge in [0.1, 0.15) is 12.4 Å². The third kappa shape index (κ3) is 5.46. The van der Waals surface area contributed by atoms with Crippen LogP contribution in [0.1, 0.15) is 16.7 Å². The van der Waals surface area contributed by atoms with Gasteiger partial charge in [-0.3, -0.25) is 4.99 Å². The molecule has 0 unspecified atom stereocenters. The number of nitrogens with zero attached hydrogens (tertiary/aromatic N) is 2. The molecule has 1 heterocycles. The Hall–Kier alpha value is -3.11. The van der Waals surface area contributed by atoms with Crippen molar-refractivity contribution in [2.75, 3.05) is 31.2 Å². The molecule has 0 N–H and O–H groups in total. The molecule has 0 aromatic heterocycles. The van der Waals surface area contributed by atoms with Crippen LogP contribution in [0.2, 0.25) is 0 Å². The van der Waals surface area contributed by atoms with E-state index >= 15 is 0 Å². The lowest BCUT2D eigenvalue weighted by Gasteiger charge is -2.28. The molecular weight excluding hydrogens is 360 g/mol. The van der Waals surface area contributed by atoms with Gasteiger partial charge in [-0.15, -0.1) is 0 Å². The lowest BCUT2D eigenvalue weighted by molar-refractivity contribution is 0.122. The molecule has 0 saturated carbocycles. The van der Waals surface area contributed by atoms with Gasteiger partial charge in [0.15, 0.2) is 0 Å². The van der Waals surface area contributed by atoms with E-state index in [4.69, 9.17) is 9.47 Å². The van der Waals surface area contributed by atoms with Gasteiger partial charge < -0.3 is 14.4 Å². The van der Waals surface area contributed by atoms with Crippen molar-refractivity contribution in [3.63, 3.8) is 0 Å². The van der Waals surface area contributed by atoms with Crippen molar-refractivity contribution in [2.45, 2.75) is 13.5 Å². The molecule has 3 aromatic carbocycles. The third-order valence-electron chi connectivity index (χ3n) is 4.99. The molecule has 3 aromatic rings. The first-order valence-corrected chi connectivity index (χ1v) is 10.0. The molecule has 1 aliphatic heterocycles. The van der Waals surface area contributed by atoms with Crippen molar-refractivity contribution in [2.24, 2.45) is 4.99 Å². The number of morpholine rings is 1. The average molecular weight is 386 g/mol. The van der Waals surface area contributed by atoms with Crippen LogP contribution in [0, 0.1) is 6.92 Å². The minimum atomic E-state index is 0.573. The van der Waals surface area contributed by atoms with Crippen molar-refractivity contribution in [3.8, 4) is 5.75 Å². The lowest BCUT2D eigenvalue weighted by atomic mass is 10.2. The van der Waals surface area contributed by atoms with E-state index in [9.17, 15) is 0 Å². The van der Waals surface area contributed by atoms with E-state index in [2.05, 4.69) is 65.3 Å². The number of aryl methyl sites for hydroxylation is 1. The first kappa shape index (κ1) is 19.2. The SMILES string of the molecule is Cc1ccc(COc2ccc(C=Nc3ccc(N4CCOCC4)cc3)cc2)cc1. The van der Waals surface area contributed by atoms with Crippen LogP contribution >= 0.6 is 0 Å². The van der Waals surface area contributed by atoms with E-state index in [1.807, 2.05) is 30.5 Å². The second-order valence-corrected chi connectivity index (χ2v) is 7.22. The molecule has 0 radical (unpaired) electrons. The van der Waals surface area contributed by atoms with Gasteiger partial charge in [-0.25, -0.2) is 0 Å². The average Bonchev–Trinajstić information content (AvgIpc) is 2.79. The first-order valence-electron chi connectivity index (χ1n) is 10.0. The summed E-state index contributed by atoms with van der Waals surface area (Å²) in [4.78, 5) is 6.92. The summed E-state index contributed by atoms with van der Waals surface area (Å²) in [7, 11) is 0. The van der Waals surface area contributed by atoms with Crippen molar-refractivity contribution in [3.05, 3.63) is 89.5 Å². The molecule has 1 saturated heterocycles. The second kappa shape index (κ2) is 9.39. The van der Waals surface area contributed by atoms with Gasteiger partial charge in [0.2, 0.25) is 0 Å². The van der Waals surface area contributed by atoms with Crippen LogP contribution in [-0.4, -0.2) is 32.5 Å². The first-order chi connectivity index (χ1) is 14.3. The van der Waals surface area contributed by atoms with Crippen LogP contribution in [0.3, 0.4) is 0 Å². The molecule has 29 heavy (non-hydrogen) atoms. The molecular formula is C25H26N2O2. The lowest BCUT2D eigenvalue weighted by Crippen LogP contribution is -2.36. The predicted molar refractivity (Wildman–Crippen MR) is 119 cm³/mol. The molecule has 1 aliphatic rings. The molecule has 4 nitrogen and oxygen atoms in total. The van der Waals surface area contributed by atoms with Crippen molar-refractivity contribution in [1.29, 1.82) is 0 Å². The number of benzene rings is 3. The molecule has 1 fully saturated rings. The van der Waals surface area contributed by atoms with E-state index in [0.29, 0.717) is 6.61 Å². The van der Waals surface area contributed by atoms with Crippen molar-refractivity contribution in [1.82, 2.24) is 0 Å². The van der Waals surface area contributed by atoms with Crippen LogP contribution in [0.4, 0.5) is 11.4 Å². The van der Waals surface area contributed by atoms with Crippen LogP contribution in [0.15, 0.2) is 77.8 Å². The van der Waals surface area contributed by atoms with Gasteiger partial charge in [-0.05, 0) is 66.6 Å². The predicted octanol–water partition coefficient (Wildman–Crippen LogP) is 5.16. The Morgan fingerprint density at radius 1 is 0.897 bits per heavy atom. The number of anilines is 1. The van der Waals surface area contributed by atoms with Gasteiger partial charge >= 0.3 is 0 Å². The Bertz CT molecular complexity index is 926. The van der Waals surface area contributed by atoms with Crippen LogP contribution in [-0.2, 0) is 11.3 Å². The van der Waals surface area contributed by atoms with E-state index in [0.717, 1.165) is 43.3 Å². The van der Waals surface area contributed by atoms with Crippen molar-refractivity contribution < 1.29 is 9.47 Å². The molecule has 0 spiro atoms. The highest BCUT2D eigenvalue weighted by molar-refractivity contribution is 5.82. The fourth-order valence-corrected chi connectivity index (χ4v) is 3.22. The summed E-state index contributed by atoms with van der Waals surface area (Å²) in [6.07, 6.45) is 1.88. The molecule has 148 valence electrons. The molecule has 0 atom stereocenters. The highest BCUT2D eigenvalue weighted by atomic mass is 16.5. The standard InChI is InChI=1S/C25H26N2O2/c1-20-2-4-22(5-3-20)19-29-25-12-6-21(7-13-25)18-26-23-8-10-24(11-9-23)27-14-16-28-17-15-27/h2-13,18H,14-17,19H2,1H3. The topological polar surface area (TPSA) is 34.1 Å². The highest BCUT2D eigenvalue weighted by Crippen LogP contribution is 2.21. The maximum atomic E-state index is 5.86. The summed E-state index contributed by atoms with van der Waals surface area (Å²) in [5, 5.41) is 0. The molecule has 4 rings (SSSR count). The number of aliphatic imine (C=N–C) groups is 1. The highest BCUT2D eigenvalue weighted by Gasteiger charge is 2.10. The zero-order chi connectivity index (χ0) is 19.9. The Labute approximate surface area is 172 Å². The Morgan fingerprint density at radius 3 is 2.28 bits per heavy atom. The molecule has 0 bridgehead atoms. The normalized spacial score (nSPS) is 14.3. The van der Waals surface area contributed by atoms with Crippen molar-refractivity contribution >= 4 is 17.6 Å². The fourth-order valence-electron chi connectivity index (χ4n) is 3.22. The zero-order valence-electron chi connectivity index (χ0n) is 16.8. The van der Waals surface area contributed by atoms with Gasteiger partial charge in [0, 0.05) is 25.0 Å². The number of hydrogen-bond donors (Lipinski definition) is 0.